The highest BCUT2D eigenvalue weighted by Gasteiger charge is 2.39. The van der Waals surface area contributed by atoms with Crippen LogP contribution in [0.1, 0.15) is 104 Å². The maximum Gasteiger partial charge on any atom is 0.255 e. The third kappa shape index (κ3) is 10.7. The summed E-state index contributed by atoms with van der Waals surface area (Å²) in [7, 11) is 1.83. The van der Waals surface area contributed by atoms with E-state index < -0.39 is 6.04 Å². The topological polar surface area (TPSA) is 116 Å². The van der Waals surface area contributed by atoms with Crippen LogP contribution in [-0.4, -0.2) is 70.5 Å². The molecule has 10 heteroatoms. The van der Waals surface area contributed by atoms with Gasteiger partial charge in [-0.1, -0.05) is 93.3 Å². The smallest absolute Gasteiger partial charge is 0.255 e. The predicted molar refractivity (Wildman–Crippen MR) is 226 cm³/mol. The average Bonchev–Trinajstić information content (AvgIpc) is 3.56. The SMILES string of the molecule is CCC(=C(c1ccc(O)cc1)c1ccc(OCCN(C)C(=O)CCCCCCCCSc2cccc3c2CN(C2CCC(=O)NC2=O)C3=O)cc1)c1ccccc1. The van der Waals surface area contributed by atoms with Gasteiger partial charge in [0.15, 0.2) is 0 Å². The number of likely N-dealkylation sites (N-methyl/N-ethyl adjacent to an activating group) is 1. The van der Waals surface area contributed by atoms with Gasteiger partial charge in [-0.3, -0.25) is 24.5 Å². The molecule has 4 aromatic carbocycles. The first-order valence-corrected chi connectivity index (χ1v) is 21.2. The second-order valence-electron chi connectivity index (χ2n) is 14.7. The van der Waals surface area contributed by atoms with E-state index in [1.807, 2.05) is 55.6 Å². The number of thioether (sulfide) groups is 1. The standard InChI is InChI=1S/C47H53N3O6S/c1-3-38(33-14-9-8-10-15-33)45(34-19-23-36(51)24-20-34)35-21-25-37(26-22-35)56-30-29-49(2)44(53)18-11-6-4-5-7-12-31-57-42-17-13-16-39-40(42)32-50(47(39)55)41-27-28-43(52)48-46(41)54/h8-10,13-17,19-26,41,51H,3-7,11-12,18,27-32H2,1-2H3,(H,48,52,54). The second-order valence-corrected chi connectivity index (χ2v) is 15.8. The van der Waals surface area contributed by atoms with E-state index in [1.165, 1.54) is 11.1 Å². The van der Waals surface area contributed by atoms with E-state index in [4.69, 9.17) is 4.74 Å². The number of carbonyl (C=O) groups excluding carboxylic acids is 4. The number of imide groups is 1. The lowest BCUT2D eigenvalue weighted by Crippen LogP contribution is -2.52. The van der Waals surface area contributed by atoms with Crippen LogP contribution in [0.25, 0.3) is 11.1 Å². The minimum absolute atomic E-state index is 0.132. The third-order valence-corrected chi connectivity index (χ3v) is 12.0. The van der Waals surface area contributed by atoms with Crippen LogP contribution in [0.5, 0.6) is 11.5 Å². The lowest BCUT2D eigenvalue weighted by Gasteiger charge is -2.29. The van der Waals surface area contributed by atoms with Gasteiger partial charge < -0.3 is 19.6 Å². The number of ether oxygens (including phenoxy) is 1. The number of hydrogen-bond acceptors (Lipinski definition) is 7. The zero-order valence-electron chi connectivity index (χ0n) is 33.0. The van der Waals surface area contributed by atoms with Gasteiger partial charge in [-0.2, -0.15) is 0 Å². The molecule has 0 aromatic heterocycles. The molecule has 0 saturated carbocycles. The van der Waals surface area contributed by atoms with Crippen molar-refractivity contribution < 1.29 is 29.0 Å². The maximum atomic E-state index is 13.1. The van der Waals surface area contributed by atoms with Crippen LogP contribution in [0.3, 0.4) is 0 Å². The summed E-state index contributed by atoms with van der Waals surface area (Å²) in [6.45, 7) is 3.48. The summed E-state index contributed by atoms with van der Waals surface area (Å²) in [5.41, 5.74) is 7.24. The molecule has 1 fully saturated rings. The lowest BCUT2D eigenvalue weighted by atomic mass is 9.88. The minimum atomic E-state index is -0.600. The number of unbranched alkanes of at least 4 members (excludes halogenated alkanes) is 5. The Morgan fingerprint density at radius 3 is 2.23 bits per heavy atom. The van der Waals surface area contributed by atoms with Gasteiger partial charge in [0.2, 0.25) is 17.7 Å². The van der Waals surface area contributed by atoms with Crippen molar-refractivity contribution in [2.45, 2.75) is 88.6 Å². The number of aromatic hydroxyl groups is 1. The number of allylic oxidation sites excluding steroid dienone is 1. The van der Waals surface area contributed by atoms with E-state index in [2.05, 4.69) is 48.6 Å². The van der Waals surface area contributed by atoms with Gasteiger partial charge in [-0.25, -0.2) is 0 Å². The molecule has 2 heterocycles. The fraction of sp³-hybridized carbons (Fsp3) is 0.362. The van der Waals surface area contributed by atoms with Crippen LogP contribution >= 0.6 is 11.8 Å². The number of benzene rings is 4. The summed E-state index contributed by atoms with van der Waals surface area (Å²) < 4.78 is 6.05. The van der Waals surface area contributed by atoms with Crippen LogP contribution in [-0.2, 0) is 20.9 Å². The van der Waals surface area contributed by atoms with Gasteiger partial charge in [0, 0.05) is 36.9 Å². The van der Waals surface area contributed by atoms with Gasteiger partial charge in [0.1, 0.15) is 24.1 Å². The lowest BCUT2D eigenvalue weighted by molar-refractivity contribution is -0.137. The second kappa shape index (κ2) is 20.2. The number of phenols is 1. The Balaban J connectivity index is 0.869. The Kier molecular flexibility index (Phi) is 14.6. The van der Waals surface area contributed by atoms with E-state index in [9.17, 15) is 24.3 Å². The largest absolute Gasteiger partial charge is 0.508 e. The van der Waals surface area contributed by atoms with Crippen molar-refractivity contribution in [1.82, 2.24) is 15.1 Å². The van der Waals surface area contributed by atoms with Crippen LogP contribution in [0.2, 0.25) is 0 Å². The van der Waals surface area contributed by atoms with Crippen molar-refractivity contribution in [3.05, 3.63) is 125 Å². The average molecular weight is 788 g/mol. The molecule has 1 atom stereocenters. The molecular formula is C47H53N3O6S. The first-order chi connectivity index (χ1) is 27.7. The number of nitrogens with zero attached hydrogens (tertiary/aromatic N) is 2. The number of nitrogens with one attached hydrogen (secondary N) is 1. The summed E-state index contributed by atoms with van der Waals surface area (Å²) in [6, 6.07) is 31.0. The van der Waals surface area contributed by atoms with E-state index in [1.54, 1.807) is 33.7 Å². The number of piperidine rings is 1. The molecule has 2 aliphatic heterocycles. The molecule has 0 radical (unpaired) electrons. The first-order valence-electron chi connectivity index (χ1n) is 20.2. The fourth-order valence-electron chi connectivity index (χ4n) is 7.60. The highest BCUT2D eigenvalue weighted by Crippen LogP contribution is 2.37. The molecule has 0 bridgehead atoms. The molecule has 1 unspecified atom stereocenters. The minimum Gasteiger partial charge on any atom is -0.508 e. The molecule has 6 rings (SSSR count). The summed E-state index contributed by atoms with van der Waals surface area (Å²) in [6.07, 6.45) is 8.25. The molecule has 0 aliphatic carbocycles. The first kappa shape index (κ1) is 41.3. The van der Waals surface area contributed by atoms with Crippen molar-refractivity contribution in [2.75, 3.05) is 26.0 Å². The monoisotopic (exact) mass is 787 g/mol. The fourth-order valence-corrected chi connectivity index (χ4v) is 8.69. The zero-order valence-corrected chi connectivity index (χ0v) is 33.8. The molecule has 57 heavy (non-hydrogen) atoms. The third-order valence-electron chi connectivity index (χ3n) is 10.8. The summed E-state index contributed by atoms with van der Waals surface area (Å²) in [4.78, 5) is 54.3. The van der Waals surface area contributed by atoms with Crippen molar-refractivity contribution in [1.29, 1.82) is 0 Å². The van der Waals surface area contributed by atoms with E-state index in [0.717, 1.165) is 83.6 Å². The quantitative estimate of drug-likeness (QED) is 0.0422. The molecule has 2 aliphatic rings. The van der Waals surface area contributed by atoms with E-state index >= 15 is 0 Å². The van der Waals surface area contributed by atoms with Gasteiger partial charge in [-0.05, 0) is 101 Å². The molecule has 2 N–H and O–H groups in total. The molecule has 0 spiro atoms. The Morgan fingerprint density at radius 2 is 1.53 bits per heavy atom. The summed E-state index contributed by atoms with van der Waals surface area (Å²) in [5.74, 6) is 1.26. The van der Waals surface area contributed by atoms with Crippen LogP contribution in [0.15, 0.2) is 102 Å². The Bertz CT molecular complexity index is 2050. The molecule has 298 valence electrons. The summed E-state index contributed by atoms with van der Waals surface area (Å²) in [5, 5.41) is 12.3. The molecule has 9 nitrogen and oxygen atoms in total. The number of amides is 4. The Morgan fingerprint density at radius 1 is 0.842 bits per heavy atom. The summed E-state index contributed by atoms with van der Waals surface area (Å²) >= 11 is 1.76. The number of phenolic OH excluding ortho intramolecular Hbond substituents is 1. The highest BCUT2D eigenvalue weighted by molar-refractivity contribution is 7.99. The van der Waals surface area contributed by atoms with E-state index in [-0.39, 0.29) is 35.8 Å². The van der Waals surface area contributed by atoms with Crippen LogP contribution in [0, 0.1) is 0 Å². The van der Waals surface area contributed by atoms with Crippen molar-refractivity contribution in [2.24, 2.45) is 0 Å². The molecule has 1 saturated heterocycles. The van der Waals surface area contributed by atoms with Gasteiger partial charge in [-0.15, -0.1) is 11.8 Å². The van der Waals surface area contributed by atoms with Gasteiger partial charge >= 0.3 is 0 Å². The predicted octanol–water partition coefficient (Wildman–Crippen LogP) is 8.88. The number of rotatable bonds is 19. The van der Waals surface area contributed by atoms with Crippen molar-refractivity contribution >= 4 is 46.5 Å². The van der Waals surface area contributed by atoms with Crippen molar-refractivity contribution in [3.8, 4) is 11.5 Å². The number of carbonyl (C=O) groups is 4. The van der Waals surface area contributed by atoms with Crippen molar-refractivity contribution in [3.63, 3.8) is 0 Å². The Hall–Kier alpha value is -5.35. The van der Waals surface area contributed by atoms with Gasteiger partial charge in [0.05, 0.1) is 6.54 Å². The van der Waals surface area contributed by atoms with Crippen LogP contribution < -0.4 is 10.1 Å². The molecular weight excluding hydrogens is 735 g/mol. The zero-order chi connectivity index (χ0) is 40.1. The maximum absolute atomic E-state index is 13.1. The highest BCUT2D eigenvalue weighted by atomic mass is 32.2. The number of hydrogen-bond donors (Lipinski definition) is 2. The Labute approximate surface area is 340 Å². The number of fused-ring (bicyclic) bond motifs is 1. The molecule has 4 amide bonds. The normalized spacial score (nSPS) is 15.6. The van der Waals surface area contributed by atoms with Gasteiger partial charge in [0.25, 0.3) is 5.91 Å². The van der Waals surface area contributed by atoms with E-state index in [0.29, 0.717) is 38.1 Å². The molecule has 4 aromatic rings. The van der Waals surface area contributed by atoms with Crippen LogP contribution in [0.4, 0.5) is 0 Å².